The fourth-order valence-electron chi connectivity index (χ4n) is 2.84. The Balaban J connectivity index is 1.74. The van der Waals surface area contributed by atoms with Crippen molar-refractivity contribution in [3.63, 3.8) is 0 Å². The molecule has 4 nitrogen and oxygen atoms in total. The van der Waals surface area contributed by atoms with Crippen LogP contribution >= 0.6 is 0 Å². The summed E-state index contributed by atoms with van der Waals surface area (Å²) in [6.07, 6.45) is 10.5. The third-order valence-electron chi connectivity index (χ3n) is 4.29. The van der Waals surface area contributed by atoms with Crippen LogP contribution in [0.5, 0.6) is 0 Å². The second kappa shape index (κ2) is 4.81. The molecule has 1 aliphatic carbocycles. The molecule has 0 atom stereocenters. The van der Waals surface area contributed by atoms with Gasteiger partial charge in [-0.2, -0.15) is 5.10 Å². The number of carbonyl (C=O) groups is 1. The molecule has 0 radical (unpaired) electrons. The van der Waals surface area contributed by atoms with Crippen molar-refractivity contribution in [2.75, 3.05) is 0 Å². The third-order valence-corrected chi connectivity index (χ3v) is 4.29. The highest BCUT2D eigenvalue weighted by Crippen LogP contribution is 2.36. The number of ketones is 1. The highest BCUT2D eigenvalue weighted by atomic mass is 16.1. The van der Waals surface area contributed by atoms with Crippen molar-refractivity contribution >= 4 is 11.3 Å². The molecule has 2 aromatic heterocycles. The summed E-state index contributed by atoms with van der Waals surface area (Å²) < 4.78 is 1.68. The molecule has 1 aliphatic rings. The lowest BCUT2D eigenvalue weighted by molar-refractivity contribution is 0.104. The van der Waals surface area contributed by atoms with Crippen LogP contribution in [0.2, 0.25) is 0 Å². The smallest absolute Gasteiger partial charge is 0.196 e. The van der Waals surface area contributed by atoms with E-state index in [1.54, 1.807) is 29.3 Å². The first kappa shape index (κ1) is 12.3. The Morgan fingerprint density at radius 2 is 2.14 bits per heavy atom. The molecule has 0 aliphatic heterocycles. The van der Waals surface area contributed by atoms with Gasteiger partial charge in [-0.15, -0.1) is 0 Å². The van der Waals surface area contributed by atoms with E-state index < -0.39 is 0 Å². The van der Waals surface area contributed by atoms with Gasteiger partial charge in [0.25, 0.3) is 0 Å². The number of fused-ring (bicyclic) bond motifs is 1. The minimum atomic E-state index is 0.0131. The Bertz CT molecular complexity index is 818. The van der Waals surface area contributed by atoms with E-state index in [2.05, 4.69) is 16.1 Å². The summed E-state index contributed by atoms with van der Waals surface area (Å²) in [4.78, 5) is 16.8. The van der Waals surface area contributed by atoms with E-state index in [1.807, 2.05) is 18.2 Å². The first-order valence-electron chi connectivity index (χ1n) is 7.25. The molecule has 1 aromatic carbocycles. The summed E-state index contributed by atoms with van der Waals surface area (Å²) in [7, 11) is 0. The molecule has 0 N–H and O–H groups in total. The van der Waals surface area contributed by atoms with Gasteiger partial charge < -0.3 is 0 Å². The monoisotopic (exact) mass is 277 g/mol. The van der Waals surface area contributed by atoms with Gasteiger partial charge in [0.05, 0.1) is 23.5 Å². The quantitative estimate of drug-likeness (QED) is 0.690. The molecule has 0 spiro atoms. The van der Waals surface area contributed by atoms with Gasteiger partial charge in [0.15, 0.2) is 5.78 Å². The second-order valence-corrected chi connectivity index (χ2v) is 5.55. The topological polar surface area (TPSA) is 47.3 Å². The normalized spacial score (nSPS) is 15.0. The van der Waals surface area contributed by atoms with Gasteiger partial charge in [-0.05, 0) is 30.4 Å². The summed E-state index contributed by atoms with van der Waals surface area (Å²) in [5, 5.41) is 4.21. The average molecular weight is 277 g/mol. The van der Waals surface area contributed by atoms with Crippen LogP contribution in [-0.2, 0) is 0 Å². The number of rotatable bonds is 3. The molecule has 0 saturated heterocycles. The van der Waals surface area contributed by atoms with E-state index in [0.717, 1.165) is 11.1 Å². The van der Waals surface area contributed by atoms with Crippen LogP contribution in [0.3, 0.4) is 0 Å². The molecular weight excluding hydrogens is 262 g/mol. The first-order valence-corrected chi connectivity index (χ1v) is 7.25. The maximum absolute atomic E-state index is 12.7. The third kappa shape index (κ3) is 2.03. The Morgan fingerprint density at radius 1 is 1.24 bits per heavy atom. The zero-order valence-corrected chi connectivity index (χ0v) is 11.6. The van der Waals surface area contributed by atoms with Crippen molar-refractivity contribution in [1.82, 2.24) is 14.6 Å². The van der Waals surface area contributed by atoms with Crippen LogP contribution in [0, 0.1) is 0 Å². The predicted molar refractivity (Wildman–Crippen MR) is 79.5 cm³/mol. The van der Waals surface area contributed by atoms with Crippen LogP contribution in [0.1, 0.15) is 46.7 Å². The van der Waals surface area contributed by atoms with E-state index >= 15 is 0 Å². The maximum atomic E-state index is 12.7. The minimum Gasteiger partial charge on any atom is -0.288 e. The van der Waals surface area contributed by atoms with Crippen LogP contribution in [0.25, 0.3) is 5.52 Å². The molecule has 104 valence electrons. The Kier molecular flexibility index (Phi) is 2.81. The van der Waals surface area contributed by atoms with E-state index in [1.165, 1.54) is 24.8 Å². The van der Waals surface area contributed by atoms with E-state index in [0.29, 0.717) is 11.5 Å². The second-order valence-electron chi connectivity index (χ2n) is 5.55. The van der Waals surface area contributed by atoms with Gasteiger partial charge >= 0.3 is 0 Å². The number of hydrogen-bond acceptors (Lipinski definition) is 3. The van der Waals surface area contributed by atoms with Gasteiger partial charge in [-0.1, -0.05) is 24.6 Å². The van der Waals surface area contributed by atoms with Gasteiger partial charge in [-0.3, -0.25) is 9.78 Å². The Morgan fingerprint density at radius 3 is 2.95 bits per heavy atom. The number of aromatic nitrogens is 3. The van der Waals surface area contributed by atoms with Crippen molar-refractivity contribution in [2.45, 2.75) is 25.2 Å². The van der Waals surface area contributed by atoms with Crippen molar-refractivity contribution in [1.29, 1.82) is 0 Å². The van der Waals surface area contributed by atoms with Crippen molar-refractivity contribution < 1.29 is 4.79 Å². The number of hydrogen-bond donors (Lipinski definition) is 0. The molecule has 2 heterocycles. The molecule has 1 fully saturated rings. The zero-order valence-electron chi connectivity index (χ0n) is 11.6. The summed E-state index contributed by atoms with van der Waals surface area (Å²) in [6, 6.07) is 8.01. The molecule has 1 saturated carbocycles. The lowest BCUT2D eigenvalue weighted by Crippen LogP contribution is -2.10. The van der Waals surface area contributed by atoms with Crippen LogP contribution < -0.4 is 0 Å². The SMILES string of the molecule is O=C(c1cccc(C2CCC2)c1)c1cnn2ccncc12. The van der Waals surface area contributed by atoms with Crippen LogP contribution in [0.4, 0.5) is 0 Å². The molecule has 21 heavy (non-hydrogen) atoms. The largest absolute Gasteiger partial charge is 0.288 e. The van der Waals surface area contributed by atoms with Crippen molar-refractivity contribution in [3.05, 3.63) is 65.7 Å². The maximum Gasteiger partial charge on any atom is 0.196 e. The Labute approximate surface area is 122 Å². The fourth-order valence-corrected chi connectivity index (χ4v) is 2.84. The van der Waals surface area contributed by atoms with Gasteiger partial charge in [0.1, 0.15) is 0 Å². The molecule has 4 rings (SSSR count). The minimum absolute atomic E-state index is 0.0131. The molecule has 0 amide bonds. The summed E-state index contributed by atoms with van der Waals surface area (Å²) in [5.74, 6) is 0.641. The lowest BCUT2D eigenvalue weighted by atomic mass is 9.79. The standard InChI is InChI=1S/C17H15N3O/c21-17(15-10-19-20-8-7-18-11-16(15)20)14-6-2-5-13(9-14)12-3-1-4-12/h2,5-12H,1,3-4H2. The van der Waals surface area contributed by atoms with E-state index in [4.69, 9.17) is 0 Å². The van der Waals surface area contributed by atoms with Gasteiger partial charge in [-0.25, -0.2) is 4.52 Å². The van der Waals surface area contributed by atoms with Gasteiger partial charge in [0.2, 0.25) is 0 Å². The van der Waals surface area contributed by atoms with Crippen molar-refractivity contribution in [3.8, 4) is 0 Å². The van der Waals surface area contributed by atoms with E-state index in [-0.39, 0.29) is 5.78 Å². The molecular formula is C17H15N3O. The zero-order chi connectivity index (χ0) is 14.2. The first-order chi connectivity index (χ1) is 10.3. The van der Waals surface area contributed by atoms with Crippen molar-refractivity contribution in [2.24, 2.45) is 0 Å². The van der Waals surface area contributed by atoms with Crippen LogP contribution in [-0.4, -0.2) is 20.4 Å². The number of carbonyl (C=O) groups excluding carboxylic acids is 1. The van der Waals surface area contributed by atoms with Gasteiger partial charge in [0, 0.05) is 18.0 Å². The molecule has 0 bridgehead atoms. The number of benzene rings is 1. The lowest BCUT2D eigenvalue weighted by Gasteiger charge is -2.26. The molecule has 4 heteroatoms. The summed E-state index contributed by atoms with van der Waals surface area (Å²) >= 11 is 0. The average Bonchev–Trinajstić information content (AvgIpc) is 2.89. The fraction of sp³-hybridized carbons (Fsp3) is 0.235. The highest BCUT2D eigenvalue weighted by Gasteiger charge is 2.21. The predicted octanol–water partition coefficient (Wildman–Crippen LogP) is 3.23. The molecule has 0 unspecified atom stereocenters. The Hall–Kier alpha value is -2.49. The van der Waals surface area contributed by atoms with E-state index in [9.17, 15) is 4.79 Å². The van der Waals surface area contributed by atoms with Crippen LogP contribution in [0.15, 0.2) is 49.1 Å². The summed E-state index contributed by atoms with van der Waals surface area (Å²) in [5.41, 5.74) is 3.37. The number of nitrogens with zero attached hydrogens (tertiary/aromatic N) is 3. The highest BCUT2D eigenvalue weighted by molar-refractivity contribution is 6.13. The molecule has 3 aromatic rings. The summed E-state index contributed by atoms with van der Waals surface area (Å²) in [6.45, 7) is 0.